The van der Waals surface area contributed by atoms with Crippen LogP contribution < -0.4 is 9.47 Å². The van der Waals surface area contributed by atoms with Crippen molar-refractivity contribution in [2.24, 2.45) is 0 Å². The van der Waals surface area contributed by atoms with Gasteiger partial charge in [-0.3, -0.25) is 4.79 Å². The number of nitrogens with zero attached hydrogens (tertiary/aromatic N) is 1. The van der Waals surface area contributed by atoms with Crippen molar-refractivity contribution < 1.29 is 19.0 Å². The molecule has 116 valence electrons. The van der Waals surface area contributed by atoms with Gasteiger partial charge in [-0.25, -0.2) is 0 Å². The first-order valence-electron chi connectivity index (χ1n) is 6.84. The van der Waals surface area contributed by atoms with Crippen LogP contribution in [0, 0.1) is 3.57 Å². The normalized spacial score (nSPS) is 15.9. The van der Waals surface area contributed by atoms with E-state index in [2.05, 4.69) is 22.6 Å². The molecule has 6 heteroatoms. The Kier molecular flexibility index (Phi) is 5.69. The molecule has 1 amide bonds. The summed E-state index contributed by atoms with van der Waals surface area (Å²) in [5.41, 5.74) is 0.657. The number of hydrogen-bond acceptors (Lipinski definition) is 4. The van der Waals surface area contributed by atoms with Crippen LogP contribution in [0.4, 0.5) is 0 Å². The van der Waals surface area contributed by atoms with Gasteiger partial charge in [0.1, 0.15) is 0 Å². The van der Waals surface area contributed by atoms with E-state index in [-0.39, 0.29) is 12.0 Å². The van der Waals surface area contributed by atoms with Gasteiger partial charge >= 0.3 is 0 Å². The molecule has 1 aromatic rings. The number of amides is 1. The largest absolute Gasteiger partial charge is 0.493 e. The number of piperidine rings is 1. The molecule has 2 rings (SSSR count). The van der Waals surface area contributed by atoms with Crippen LogP contribution in [0.25, 0.3) is 0 Å². The molecule has 0 N–H and O–H groups in total. The van der Waals surface area contributed by atoms with Gasteiger partial charge in [0.25, 0.3) is 5.91 Å². The van der Waals surface area contributed by atoms with Crippen molar-refractivity contribution in [2.45, 2.75) is 18.9 Å². The van der Waals surface area contributed by atoms with E-state index >= 15 is 0 Å². The predicted molar refractivity (Wildman–Crippen MR) is 88.2 cm³/mol. The number of carbonyl (C=O) groups is 1. The molecule has 0 atom stereocenters. The highest BCUT2D eigenvalue weighted by Gasteiger charge is 2.25. The second kappa shape index (κ2) is 7.31. The Balaban J connectivity index is 2.19. The zero-order valence-corrected chi connectivity index (χ0v) is 14.7. The maximum absolute atomic E-state index is 12.7. The molecule has 1 saturated heterocycles. The number of methoxy groups -OCH3 is 3. The zero-order chi connectivity index (χ0) is 15.4. The lowest BCUT2D eigenvalue weighted by Crippen LogP contribution is -2.40. The lowest BCUT2D eigenvalue weighted by molar-refractivity contribution is 0.0350. The minimum absolute atomic E-state index is 0.0370. The lowest BCUT2D eigenvalue weighted by atomic mass is 10.1. The molecule has 5 nitrogen and oxygen atoms in total. The van der Waals surface area contributed by atoms with Gasteiger partial charge in [0.15, 0.2) is 11.5 Å². The molecule has 0 spiro atoms. The predicted octanol–water partition coefficient (Wildman–Crippen LogP) is 2.56. The van der Waals surface area contributed by atoms with Crippen LogP contribution in [-0.2, 0) is 4.74 Å². The molecule has 0 aromatic heterocycles. The Labute approximate surface area is 138 Å². The van der Waals surface area contributed by atoms with Crippen molar-refractivity contribution in [1.29, 1.82) is 0 Å². The van der Waals surface area contributed by atoms with Gasteiger partial charge < -0.3 is 19.1 Å². The third kappa shape index (κ3) is 3.60. The molecule has 1 heterocycles. The van der Waals surface area contributed by atoms with Crippen LogP contribution >= 0.6 is 22.6 Å². The monoisotopic (exact) mass is 405 g/mol. The summed E-state index contributed by atoms with van der Waals surface area (Å²) in [6.07, 6.45) is 2.02. The molecule has 0 saturated carbocycles. The van der Waals surface area contributed by atoms with E-state index < -0.39 is 0 Å². The summed E-state index contributed by atoms with van der Waals surface area (Å²) in [4.78, 5) is 14.5. The van der Waals surface area contributed by atoms with Gasteiger partial charge in [-0.1, -0.05) is 0 Å². The van der Waals surface area contributed by atoms with Gasteiger partial charge in [-0.05, 0) is 47.6 Å². The lowest BCUT2D eigenvalue weighted by Gasteiger charge is -2.31. The number of likely N-dealkylation sites (tertiary alicyclic amines) is 1. The topological polar surface area (TPSA) is 48.0 Å². The van der Waals surface area contributed by atoms with Crippen molar-refractivity contribution in [1.82, 2.24) is 4.90 Å². The number of hydrogen-bond donors (Lipinski definition) is 0. The summed E-state index contributed by atoms with van der Waals surface area (Å²) in [5.74, 6) is 1.25. The molecule has 0 bridgehead atoms. The van der Waals surface area contributed by atoms with E-state index in [0.717, 1.165) is 29.5 Å². The molecular weight excluding hydrogens is 385 g/mol. The van der Waals surface area contributed by atoms with Crippen LogP contribution in [0.5, 0.6) is 11.5 Å². The van der Waals surface area contributed by atoms with Gasteiger partial charge in [0.05, 0.1) is 25.9 Å². The second-order valence-electron chi connectivity index (χ2n) is 4.91. The average molecular weight is 405 g/mol. The standard InChI is InChI=1S/C15H20INO4/c1-19-10-4-6-17(7-5-10)15(18)11-8-13(20-2)14(21-3)9-12(11)16/h8-10H,4-7H2,1-3H3. The highest BCUT2D eigenvalue weighted by molar-refractivity contribution is 14.1. The summed E-state index contributed by atoms with van der Waals surface area (Å²) < 4.78 is 16.7. The molecule has 1 aliphatic rings. The number of benzene rings is 1. The first-order chi connectivity index (χ1) is 10.1. The van der Waals surface area contributed by atoms with Crippen molar-refractivity contribution in [3.05, 3.63) is 21.3 Å². The van der Waals surface area contributed by atoms with E-state index in [1.165, 1.54) is 0 Å². The van der Waals surface area contributed by atoms with E-state index in [9.17, 15) is 4.79 Å². The van der Waals surface area contributed by atoms with Crippen LogP contribution in [-0.4, -0.2) is 51.3 Å². The van der Waals surface area contributed by atoms with Crippen molar-refractivity contribution in [3.8, 4) is 11.5 Å². The SMILES string of the molecule is COc1cc(I)c(C(=O)N2CCC(OC)CC2)cc1OC. The van der Waals surface area contributed by atoms with Crippen molar-refractivity contribution in [3.63, 3.8) is 0 Å². The Hall–Kier alpha value is -1.02. The van der Waals surface area contributed by atoms with Crippen molar-refractivity contribution >= 4 is 28.5 Å². The molecule has 21 heavy (non-hydrogen) atoms. The highest BCUT2D eigenvalue weighted by atomic mass is 127. The minimum atomic E-state index is 0.0370. The molecular formula is C15H20INO4. The third-order valence-corrected chi connectivity index (χ3v) is 4.66. The first kappa shape index (κ1) is 16.4. The van der Waals surface area contributed by atoms with Gasteiger partial charge in [-0.15, -0.1) is 0 Å². The first-order valence-corrected chi connectivity index (χ1v) is 7.92. The molecule has 0 unspecified atom stereocenters. The minimum Gasteiger partial charge on any atom is -0.493 e. The Morgan fingerprint density at radius 1 is 1.14 bits per heavy atom. The van der Waals surface area contributed by atoms with Gasteiger partial charge in [-0.2, -0.15) is 0 Å². The summed E-state index contributed by atoms with van der Waals surface area (Å²) >= 11 is 2.16. The fraction of sp³-hybridized carbons (Fsp3) is 0.533. The van der Waals surface area contributed by atoms with Crippen LogP contribution in [0.2, 0.25) is 0 Å². The smallest absolute Gasteiger partial charge is 0.255 e. The van der Waals surface area contributed by atoms with E-state index in [1.807, 2.05) is 11.0 Å². The summed E-state index contributed by atoms with van der Waals surface area (Å²) in [5, 5.41) is 0. The van der Waals surface area contributed by atoms with Crippen molar-refractivity contribution in [2.75, 3.05) is 34.4 Å². The quantitative estimate of drug-likeness (QED) is 0.723. The fourth-order valence-electron chi connectivity index (χ4n) is 2.48. The number of halogens is 1. The summed E-state index contributed by atoms with van der Waals surface area (Å²) in [6.45, 7) is 1.45. The molecule has 1 fully saturated rings. The molecule has 1 aromatic carbocycles. The van der Waals surface area contributed by atoms with E-state index in [0.29, 0.717) is 17.1 Å². The molecule has 0 aliphatic carbocycles. The third-order valence-electron chi connectivity index (χ3n) is 3.77. The maximum atomic E-state index is 12.7. The van der Waals surface area contributed by atoms with Crippen LogP contribution in [0.3, 0.4) is 0 Å². The molecule has 0 radical (unpaired) electrons. The van der Waals surface area contributed by atoms with E-state index in [1.54, 1.807) is 27.4 Å². The van der Waals surface area contributed by atoms with Gasteiger partial charge in [0, 0.05) is 23.8 Å². The fourth-order valence-corrected chi connectivity index (χ4v) is 3.15. The molecule has 1 aliphatic heterocycles. The summed E-state index contributed by atoms with van der Waals surface area (Å²) in [6, 6.07) is 3.58. The Morgan fingerprint density at radius 3 is 2.24 bits per heavy atom. The second-order valence-corrected chi connectivity index (χ2v) is 6.08. The van der Waals surface area contributed by atoms with E-state index in [4.69, 9.17) is 14.2 Å². The Bertz CT molecular complexity index is 513. The number of carbonyl (C=O) groups excluding carboxylic acids is 1. The van der Waals surface area contributed by atoms with Crippen LogP contribution in [0.15, 0.2) is 12.1 Å². The summed E-state index contributed by atoms with van der Waals surface area (Å²) in [7, 11) is 4.88. The maximum Gasteiger partial charge on any atom is 0.255 e. The average Bonchev–Trinajstić information content (AvgIpc) is 2.54. The van der Waals surface area contributed by atoms with Crippen LogP contribution in [0.1, 0.15) is 23.2 Å². The number of ether oxygens (including phenoxy) is 3. The highest BCUT2D eigenvalue weighted by Crippen LogP contribution is 2.32. The Morgan fingerprint density at radius 2 is 1.71 bits per heavy atom. The number of rotatable bonds is 4. The van der Waals surface area contributed by atoms with Gasteiger partial charge in [0.2, 0.25) is 0 Å². The zero-order valence-electron chi connectivity index (χ0n) is 12.5.